The van der Waals surface area contributed by atoms with Crippen molar-refractivity contribution in [3.8, 4) is 11.3 Å². The van der Waals surface area contributed by atoms with Crippen LogP contribution in [0, 0.1) is 0 Å². The van der Waals surface area contributed by atoms with Crippen LogP contribution in [-0.4, -0.2) is 14.9 Å². The summed E-state index contributed by atoms with van der Waals surface area (Å²) in [5.41, 5.74) is 4.13. The van der Waals surface area contributed by atoms with E-state index in [0.29, 0.717) is 6.54 Å². The van der Waals surface area contributed by atoms with E-state index < -0.39 is 0 Å². The number of rotatable bonds is 4. The van der Waals surface area contributed by atoms with E-state index in [1.54, 1.807) is 17.3 Å². The molecular formula is C13H10Br2N4O. The summed E-state index contributed by atoms with van der Waals surface area (Å²) in [4.78, 5) is 0. The van der Waals surface area contributed by atoms with Crippen LogP contribution >= 0.6 is 31.9 Å². The molecule has 3 rings (SSSR count). The van der Waals surface area contributed by atoms with Crippen molar-refractivity contribution >= 4 is 31.9 Å². The van der Waals surface area contributed by atoms with Gasteiger partial charge in [-0.15, -0.1) is 10.2 Å². The molecule has 0 unspecified atom stereocenters. The zero-order valence-corrected chi connectivity index (χ0v) is 13.4. The number of furan rings is 1. The van der Waals surface area contributed by atoms with E-state index in [4.69, 9.17) is 4.42 Å². The van der Waals surface area contributed by atoms with E-state index in [0.717, 1.165) is 26.0 Å². The number of aromatic nitrogens is 3. The molecule has 0 aliphatic carbocycles. The largest absolute Gasteiger partial charge is 0.459 e. The fourth-order valence-electron chi connectivity index (χ4n) is 1.76. The summed E-state index contributed by atoms with van der Waals surface area (Å²) in [7, 11) is 0. The van der Waals surface area contributed by atoms with Crippen LogP contribution < -0.4 is 5.43 Å². The second kappa shape index (κ2) is 5.80. The Morgan fingerprint density at radius 2 is 1.90 bits per heavy atom. The molecule has 0 atom stereocenters. The number of nitrogens with one attached hydrogen (secondary N) is 1. The zero-order chi connectivity index (χ0) is 13.9. The molecule has 1 N–H and O–H groups in total. The molecule has 0 fully saturated rings. The molecule has 3 aromatic rings. The Kier molecular flexibility index (Phi) is 3.88. The van der Waals surface area contributed by atoms with Gasteiger partial charge in [-0.2, -0.15) is 0 Å². The molecule has 0 saturated carbocycles. The van der Waals surface area contributed by atoms with Crippen molar-refractivity contribution in [2.24, 2.45) is 0 Å². The predicted molar refractivity (Wildman–Crippen MR) is 82.6 cm³/mol. The summed E-state index contributed by atoms with van der Waals surface area (Å²) in [6.45, 7) is 0.562. The minimum atomic E-state index is 0.562. The molecule has 0 aliphatic heterocycles. The lowest BCUT2D eigenvalue weighted by Gasteiger charge is -2.04. The second-order valence-corrected chi connectivity index (χ2v) is 5.86. The van der Waals surface area contributed by atoms with Gasteiger partial charge in [0.2, 0.25) is 0 Å². The summed E-state index contributed by atoms with van der Waals surface area (Å²) in [5.74, 6) is 1.66. The third kappa shape index (κ3) is 2.94. The molecule has 2 heterocycles. The molecule has 1 aromatic carbocycles. The van der Waals surface area contributed by atoms with Gasteiger partial charge in [-0.3, -0.25) is 0 Å². The summed E-state index contributed by atoms with van der Waals surface area (Å²) in [6.07, 6.45) is 3.18. The number of hydrogen-bond donors (Lipinski definition) is 1. The van der Waals surface area contributed by atoms with Gasteiger partial charge in [-0.25, -0.2) is 4.68 Å². The number of benzene rings is 1. The maximum atomic E-state index is 5.83. The highest BCUT2D eigenvalue weighted by Gasteiger charge is 2.08. The molecule has 7 heteroatoms. The highest BCUT2D eigenvalue weighted by atomic mass is 79.9. The van der Waals surface area contributed by atoms with Crippen molar-refractivity contribution in [3.63, 3.8) is 0 Å². The van der Waals surface area contributed by atoms with Crippen molar-refractivity contribution in [3.05, 3.63) is 57.7 Å². The standard InChI is InChI=1S/C13H10Br2N4O/c14-9-1-3-11(12(15)5-9)13-4-2-10(20-13)6-18-19-7-16-17-8-19/h1-5,7-8,18H,6H2. The van der Waals surface area contributed by atoms with E-state index >= 15 is 0 Å². The van der Waals surface area contributed by atoms with Crippen molar-refractivity contribution < 1.29 is 4.42 Å². The average molecular weight is 398 g/mol. The third-order valence-corrected chi connectivity index (χ3v) is 3.86. The highest BCUT2D eigenvalue weighted by molar-refractivity contribution is 9.11. The molecule has 0 amide bonds. The molecule has 5 nitrogen and oxygen atoms in total. The van der Waals surface area contributed by atoms with Gasteiger partial charge in [0.05, 0.1) is 6.54 Å². The summed E-state index contributed by atoms with van der Waals surface area (Å²) in [6, 6.07) is 9.88. The monoisotopic (exact) mass is 396 g/mol. The quantitative estimate of drug-likeness (QED) is 0.727. The Morgan fingerprint density at radius 1 is 1.10 bits per heavy atom. The average Bonchev–Trinajstić information content (AvgIpc) is 3.07. The second-order valence-electron chi connectivity index (χ2n) is 4.09. The Hall–Kier alpha value is -1.60. The maximum Gasteiger partial charge on any atom is 0.138 e. The smallest absolute Gasteiger partial charge is 0.138 e. The zero-order valence-electron chi connectivity index (χ0n) is 10.3. The maximum absolute atomic E-state index is 5.83. The van der Waals surface area contributed by atoms with Crippen LogP contribution in [0.25, 0.3) is 11.3 Å². The van der Waals surface area contributed by atoms with Crippen LogP contribution in [0.15, 0.2) is 56.3 Å². The van der Waals surface area contributed by atoms with Crippen LogP contribution in [0.1, 0.15) is 5.76 Å². The molecule has 2 aromatic heterocycles. The van der Waals surface area contributed by atoms with E-state index in [2.05, 4.69) is 47.5 Å². The lowest BCUT2D eigenvalue weighted by molar-refractivity contribution is 0.522. The molecule has 0 bridgehead atoms. The Morgan fingerprint density at radius 3 is 2.65 bits per heavy atom. The van der Waals surface area contributed by atoms with Gasteiger partial charge in [-0.1, -0.05) is 15.9 Å². The van der Waals surface area contributed by atoms with Gasteiger partial charge in [-0.05, 0) is 46.3 Å². The Labute approximate surface area is 132 Å². The first-order valence-electron chi connectivity index (χ1n) is 5.85. The summed E-state index contributed by atoms with van der Waals surface area (Å²) < 4.78 is 9.51. The predicted octanol–water partition coefficient (Wildman–Crippen LogP) is 3.81. The van der Waals surface area contributed by atoms with Crippen LogP contribution in [-0.2, 0) is 6.54 Å². The summed E-state index contributed by atoms with van der Waals surface area (Å²) in [5, 5.41) is 7.43. The number of nitrogens with zero attached hydrogens (tertiary/aromatic N) is 3. The third-order valence-electron chi connectivity index (χ3n) is 2.71. The molecular weight excluding hydrogens is 388 g/mol. The van der Waals surface area contributed by atoms with Gasteiger partial charge in [0.1, 0.15) is 24.2 Å². The first-order chi connectivity index (χ1) is 9.72. The van der Waals surface area contributed by atoms with Gasteiger partial charge in [0.15, 0.2) is 0 Å². The van der Waals surface area contributed by atoms with Gasteiger partial charge in [0.25, 0.3) is 0 Å². The van der Waals surface area contributed by atoms with E-state index in [-0.39, 0.29) is 0 Å². The Balaban J connectivity index is 1.76. The van der Waals surface area contributed by atoms with Crippen molar-refractivity contribution in [1.29, 1.82) is 0 Å². The SMILES string of the molecule is Brc1ccc(-c2ccc(CNn3cnnc3)o2)c(Br)c1. The van der Waals surface area contributed by atoms with Crippen molar-refractivity contribution in [1.82, 2.24) is 14.9 Å². The van der Waals surface area contributed by atoms with E-state index in [1.165, 1.54) is 0 Å². The minimum Gasteiger partial charge on any atom is -0.459 e. The van der Waals surface area contributed by atoms with Gasteiger partial charge >= 0.3 is 0 Å². The van der Waals surface area contributed by atoms with E-state index in [9.17, 15) is 0 Å². The molecule has 0 spiro atoms. The molecule has 102 valence electrons. The summed E-state index contributed by atoms with van der Waals surface area (Å²) >= 11 is 6.97. The van der Waals surface area contributed by atoms with Crippen LogP contribution in [0.4, 0.5) is 0 Å². The normalized spacial score (nSPS) is 10.7. The minimum absolute atomic E-state index is 0.562. The van der Waals surface area contributed by atoms with Gasteiger partial charge < -0.3 is 9.84 Å². The van der Waals surface area contributed by atoms with Crippen molar-refractivity contribution in [2.45, 2.75) is 6.54 Å². The molecule has 0 saturated heterocycles. The molecule has 0 aliphatic rings. The highest BCUT2D eigenvalue weighted by Crippen LogP contribution is 2.31. The van der Waals surface area contributed by atoms with E-state index in [1.807, 2.05) is 30.3 Å². The first-order valence-corrected chi connectivity index (χ1v) is 7.43. The topological polar surface area (TPSA) is 55.9 Å². The van der Waals surface area contributed by atoms with Crippen LogP contribution in [0.2, 0.25) is 0 Å². The Bertz CT molecular complexity index is 709. The van der Waals surface area contributed by atoms with Gasteiger partial charge in [0, 0.05) is 14.5 Å². The first kappa shape index (κ1) is 13.4. The van der Waals surface area contributed by atoms with Crippen molar-refractivity contribution in [2.75, 3.05) is 5.43 Å². The lowest BCUT2D eigenvalue weighted by Crippen LogP contribution is -2.11. The molecule has 0 radical (unpaired) electrons. The fraction of sp³-hybridized carbons (Fsp3) is 0.0769. The van der Waals surface area contributed by atoms with Crippen LogP contribution in [0.5, 0.6) is 0 Å². The lowest BCUT2D eigenvalue weighted by atomic mass is 10.2. The fourth-order valence-corrected chi connectivity index (χ4v) is 3.00. The molecule has 20 heavy (non-hydrogen) atoms. The number of hydrogen-bond acceptors (Lipinski definition) is 4. The number of halogens is 2. The van der Waals surface area contributed by atoms with Crippen LogP contribution in [0.3, 0.4) is 0 Å².